The van der Waals surface area contributed by atoms with Gasteiger partial charge in [0.25, 0.3) is 5.91 Å². The first-order valence-corrected chi connectivity index (χ1v) is 12.9. The molecule has 0 saturated heterocycles. The largest absolute Gasteiger partial charge is 0.488 e. The van der Waals surface area contributed by atoms with Crippen LogP contribution in [0.1, 0.15) is 21.5 Å². The minimum absolute atomic E-state index is 0.253. The second-order valence-corrected chi connectivity index (χ2v) is 9.08. The molecule has 39 heavy (non-hydrogen) atoms. The van der Waals surface area contributed by atoms with E-state index in [1.807, 2.05) is 84.9 Å². The monoisotopic (exact) mass is 531 g/mol. The van der Waals surface area contributed by atoms with Gasteiger partial charge in [-0.2, -0.15) is 5.10 Å². The van der Waals surface area contributed by atoms with Crippen LogP contribution in [0.25, 0.3) is 0 Å². The van der Waals surface area contributed by atoms with E-state index in [0.717, 1.165) is 28.2 Å². The number of hydrogen-bond acceptors (Lipinski definition) is 4. The maximum atomic E-state index is 12.9. The van der Waals surface area contributed by atoms with E-state index >= 15 is 0 Å². The minimum atomic E-state index is -0.364. The van der Waals surface area contributed by atoms with Crippen molar-refractivity contribution >= 4 is 40.8 Å². The smallest absolute Gasteiger partial charge is 0.275 e. The van der Waals surface area contributed by atoms with Gasteiger partial charge >= 0.3 is 0 Å². The van der Waals surface area contributed by atoms with Crippen LogP contribution in [-0.2, 0) is 6.61 Å². The predicted octanol–water partition coefficient (Wildman–Crippen LogP) is 8.15. The highest BCUT2D eigenvalue weighted by molar-refractivity contribution is 6.31. The van der Waals surface area contributed by atoms with Crippen molar-refractivity contribution < 1.29 is 9.53 Å². The van der Waals surface area contributed by atoms with Gasteiger partial charge in [0.2, 0.25) is 0 Å². The zero-order chi connectivity index (χ0) is 26.9. The summed E-state index contributed by atoms with van der Waals surface area (Å²) in [6.07, 6.45) is 1.62. The quantitative estimate of drug-likeness (QED) is 0.154. The van der Waals surface area contributed by atoms with E-state index in [-0.39, 0.29) is 12.5 Å². The predicted molar refractivity (Wildman–Crippen MR) is 158 cm³/mol. The van der Waals surface area contributed by atoms with Gasteiger partial charge in [0.15, 0.2) is 0 Å². The van der Waals surface area contributed by atoms with Gasteiger partial charge in [-0.25, -0.2) is 5.43 Å². The molecule has 0 aromatic heterocycles. The Bertz CT molecular complexity index is 1520. The normalized spacial score (nSPS) is 10.8. The highest BCUT2D eigenvalue weighted by Gasteiger charge is 2.13. The van der Waals surface area contributed by atoms with Crippen LogP contribution in [0.2, 0.25) is 5.02 Å². The second-order valence-electron chi connectivity index (χ2n) is 8.67. The molecule has 5 aromatic carbocycles. The van der Waals surface area contributed by atoms with Gasteiger partial charge in [0, 0.05) is 27.6 Å². The first-order valence-electron chi connectivity index (χ1n) is 12.5. The average Bonchev–Trinajstić information content (AvgIpc) is 2.99. The summed E-state index contributed by atoms with van der Waals surface area (Å²) < 4.78 is 5.90. The summed E-state index contributed by atoms with van der Waals surface area (Å²) in [5.74, 6) is 0.0911. The molecule has 5 rings (SSSR count). The maximum Gasteiger partial charge on any atom is 0.275 e. The zero-order valence-corrected chi connectivity index (χ0v) is 21.8. The molecule has 0 bridgehead atoms. The van der Waals surface area contributed by atoms with E-state index < -0.39 is 0 Å². The number of hydrogen-bond donors (Lipinski definition) is 1. The SMILES string of the molecule is O=C(N/N=C/c1ccc(N(c2ccccc2)c2ccccc2)cc1)c1ccccc1OCc1ccccc1Cl. The van der Waals surface area contributed by atoms with Crippen molar-refractivity contribution in [2.24, 2.45) is 5.10 Å². The van der Waals surface area contributed by atoms with E-state index in [1.54, 1.807) is 30.5 Å². The third kappa shape index (κ3) is 6.53. The Kier molecular flexibility index (Phi) is 8.31. The summed E-state index contributed by atoms with van der Waals surface area (Å²) in [6.45, 7) is 0.253. The van der Waals surface area contributed by atoms with Crippen molar-refractivity contribution in [2.45, 2.75) is 6.61 Å². The van der Waals surface area contributed by atoms with Crippen LogP contribution in [0.3, 0.4) is 0 Å². The molecule has 0 unspecified atom stereocenters. The summed E-state index contributed by atoms with van der Waals surface area (Å²) in [4.78, 5) is 15.0. The van der Waals surface area contributed by atoms with Gasteiger partial charge in [-0.3, -0.25) is 4.79 Å². The van der Waals surface area contributed by atoms with Crippen LogP contribution in [-0.4, -0.2) is 12.1 Å². The van der Waals surface area contributed by atoms with Gasteiger partial charge in [-0.15, -0.1) is 0 Å². The number of rotatable bonds is 9. The Morgan fingerprint density at radius 2 is 1.28 bits per heavy atom. The molecule has 5 nitrogen and oxygen atoms in total. The van der Waals surface area contributed by atoms with Gasteiger partial charge < -0.3 is 9.64 Å². The van der Waals surface area contributed by atoms with Crippen molar-refractivity contribution in [1.82, 2.24) is 5.43 Å². The molecule has 0 aliphatic carbocycles. The number of ether oxygens (including phenoxy) is 1. The maximum absolute atomic E-state index is 12.9. The van der Waals surface area contributed by atoms with Crippen LogP contribution in [0.4, 0.5) is 17.1 Å². The summed E-state index contributed by atoms with van der Waals surface area (Å²) in [5.41, 5.74) is 7.82. The van der Waals surface area contributed by atoms with E-state index in [2.05, 4.69) is 39.7 Å². The molecule has 192 valence electrons. The number of nitrogens with zero attached hydrogens (tertiary/aromatic N) is 2. The van der Waals surface area contributed by atoms with Crippen LogP contribution in [0.15, 0.2) is 139 Å². The fourth-order valence-electron chi connectivity index (χ4n) is 4.09. The van der Waals surface area contributed by atoms with Crippen LogP contribution < -0.4 is 15.1 Å². The molecule has 0 fully saturated rings. The second kappa shape index (κ2) is 12.6. The summed E-state index contributed by atoms with van der Waals surface area (Å²) in [7, 11) is 0. The lowest BCUT2D eigenvalue weighted by Crippen LogP contribution is -2.18. The van der Waals surface area contributed by atoms with Gasteiger partial charge in [0.1, 0.15) is 12.4 Å². The van der Waals surface area contributed by atoms with Gasteiger partial charge in [-0.1, -0.05) is 90.5 Å². The van der Waals surface area contributed by atoms with E-state index in [4.69, 9.17) is 16.3 Å². The molecule has 1 amide bonds. The molecule has 5 aromatic rings. The third-order valence-electron chi connectivity index (χ3n) is 6.03. The number of para-hydroxylation sites is 3. The number of carbonyl (C=O) groups is 1. The lowest BCUT2D eigenvalue weighted by atomic mass is 10.1. The van der Waals surface area contributed by atoms with E-state index in [1.165, 1.54) is 0 Å². The average molecular weight is 532 g/mol. The number of hydrazone groups is 1. The topological polar surface area (TPSA) is 53.9 Å². The lowest BCUT2D eigenvalue weighted by Gasteiger charge is -2.25. The third-order valence-corrected chi connectivity index (χ3v) is 6.40. The molecular weight excluding hydrogens is 506 g/mol. The van der Waals surface area contributed by atoms with Crippen molar-refractivity contribution in [3.63, 3.8) is 0 Å². The molecular formula is C33H26ClN3O2. The standard InChI is InChI=1S/C33H26ClN3O2/c34-31-17-9-7-11-26(31)24-39-32-18-10-8-16-30(32)33(38)36-35-23-25-19-21-29(22-20-25)37(27-12-3-1-4-13-27)28-14-5-2-6-15-28/h1-23H,24H2,(H,36,38)/b35-23+. The molecule has 0 atom stereocenters. The molecule has 0 aliphatic rings. The summed E-state index contributed by atoms with van der Waals surface area (Å²) in [5, 5.41) is 4.78. The molecule has 0 radical (unpaired) electrons. The van der Waals surface area contributed by atoms with Crippen LogP contribution >= 0.6 is 11.6 Å². The summed E-state index contributed by atoms with van der Waals surface area (Å²) in [6, 6.07) is 42.9. The number of anilines is 3. The number of halogens is 1. The van der Waals surface area contributed by atoms with Gasteiger partial charge in [0.05, 0.1) is 11.8 Å². The fourth-order valence-corrected chi connectivity index (χ4v) is 4.28. The summed E-state index contributed by atoms with van der Waals surface area (Å²) >= 11 is 6.23. The fraction of sp³-hybridized carbons (Fsp3) is 0.0303. The lowest BCUT2D eigenvalue weighted by molar-refractivity contribution is 0.0950. The molecule has 6 heteroatoms. The van der Waals surface area contributed by atoms with Crippen molar-refractivity contribution in [3.05, 3.63) is 155 Å². The molecule has 0 saturated carbocycles. The number of benzene rings is 5. The Hall–Kier alpha value is -4.87. The Labute approximate surface area is 233 Å². The van der Waals surface area contributed by atoms with Crippen molar-refractivity contribution in [3.8, 4) is 5.75 Å². The highest BCUT2D eigenvalue weighted by atomic mass is 35.5. The van der Waals surface area contributed by atoms with Crippen LogP contribution in [0.5, 0.6) is 5.75 Å². The number of amides is 1. The zero-order valence-electron chi connectivity index (χ0n) is 21.1. The Morgan fingerprint density at radius 3 is 1.95 bits per heavy atom. The first-order chi connectivity index (χ1) is 19.2. The van der Waals surface area contributed by atoms with Crippen LogP contribution in [0, 0.1) is 0 Å². The number of carbonyl (C=O) groups excluding carboxylic acids is 1. The Morgan fingerprint density at radius 1 is 0.718 bits per heavy atom. The molecule has 1 N–H and O–H groups in total. The van der Waals surface area contributed by atoms with Crippen molar-refractivity contribution in [1.29, 1.82) is 0 Å². The van der Waals surface area contributed by atoms with Crippen molar-refractivity contribution in [2.75, 3.05) is 4.90 Å². The molecule has 0 spiro atoms. The van der Waals surface area contributed by atoms with Gasteiger partial charge in [-0.05, 0) is 60.2 Å². The first kappa shape index (κ1) is 25.8. The molecule has 0 aliphatic heterocycles. The van der Waals surface area contributed by atoms with E-state index in [0.29, 0.717) is 16.3 Å². The molecule has 0 heterocycles. The highest BCUT2D eigenvalue weighted by Crippen LogP contribution is 2.34. The van der Waals surface area contributed by atoms with E-state index in [9.17, 15) is 4.79 Å². The minimum Gasteiger partial charge on any atom is -0.488 e. The Balaban J connectivity index is 1.26. The number of nitrogens with one attached hydrogen (secondary N) is 1.